The fourth-order valence-corrected chi connectivity index (χ4v) is 5.48. The fraction of sp³-hybridized carbons (Fsp3) is 0.611. The summed E-state index contributed by atoms with van der Waals surface area (Å²) in [5, 5.41) is 15.6. The van der Waals surface area contributed by atoms with Crippen LogP contribution in [-0.4, -0.2) is 58.2 Å². The molecule has 0 radical (unpaired) electrons. The van der Waals surface area contributed by atoms with E-state index in [4.69, 9.17) is 0 Å². The number of hydrogen-bond acceptors (Lipinski definition) is 7. The number of fused-ring (bicyclic) bond motifs is 2. The standard InChI is InChI=1S/C18H24N4O2S2/c1-25-4-3-16(24)21-14-6-11-8-22(9-12(11)7-15(14)23)18-17-13(2-5-26-17)19-10-20-18/h2,5,10-12,14-15,23H,3-4,6-9H2,1H3,(H,21,24)/t11-,12+,14-,15-/m0/s1. The number of anilines is 1. The SMILES string of the molecule is CSCCC(=O)N[C@H]1C[C@H]2CN(c3ncnc4ccsc34)C[C@H]2C[C@@H]1O. The lowest BCUT2D eigenvalue weighted by atomic mass is 9.77. The van der Waals surface area contributed by atoms with E-state index in [9.17, 15) is 9.90 Å². The van der Waals surface area contributed by atoms with Crippen molar-refractivity contribution >= 4 is 45.0 Å². The van der Waals surface area contributed by atoms with Crippen LogP contribution in [0.5, 0.6) is 0 Å². The number of carbonyl (C=O) groups excluding carboxylic acids is 1. The predicted octanol–water partition coefficient (Wildman–Crippen LogP) is 2.14. The summed E-state index contributed by atoms with van der Waals surface area (Å²) < 4.78 is 1.13. The molecule has 1 aliphatic carbocycles. The van der Waals surface area contributed by atoms with E-state index in [1.165, 1.54) is 0 Å². The summed E-state index contributed by atoms with van der Waals surface area (Å²) in [6.07, 6.45) is 5.27. The van der Waals surface area contributed by atoms with Crippen molar-refractivity contribution in [2.24, 2.45) is 11.8 Å². The molecule has 2 fully saturated rings. The molecular weight excluding hydrogens is 368 g/mol. The third-order valence-corrected chi connectivity index (χ3v) is 7.06. The van der Waals surface area contributed by atoms with E-state index < -0.39 is 6.10 Å². The maximum atomic E-state index is 12.0. The molecule has 0 bridgehead atoms. The molecule has 2 N–H and O–H groups in total. The largest absolute Gasteiger partial charge is 0.391 e. The zero-order valence-electron chi connectivity index (χ0n) is 14.8. The zero-order valence-corrected chi connectivity index (χ0v) is 16.4. The fourth-order valence-electron chi connectivity index (χ4n) is 4.23. The quantitative estimate of drug-likeness (QED) is 0.812. The van der Waals surface area contributed by atoms with E-state index >= 15 is 0 Å². The van der Waals surface area contributed by atoms with Crippen LogP contribution >= 0.6 is 23.1 Å². The molecule has 4 atom stereocenters. The number of aromatic nitrogens is 2. The highest BCUT2D eigenvalue weighted by molar-refractivity contribution is 7.98. The summed E-state index contributed by atoms with van der Waals surface area (Å²) in [6, 6.07) is 1.90. The summed E-state index contributed by atoms with van der Waals surface area (Å²) in [7, 11) is 0. The Kier molecular flexibility index (Phi) is 5.33. The van der Waals surface area contributed by atoms with Crippen molar-refractivity contribution in [3.63, 3.8) is 0 Å². The number of carbonyl (C=O) groups is 1. The van der Waals surface area contributed by atoms with Gasteiger partial charge in [-0.3, -0.25) is 4.79 Å². The maximum Gasteiger partial charge on any atom is 0.221 e. The first-order valence-corrected chi connectivity index (χ1v) is 11.3. The van der Waals surface area contributed by atoms with Gasteiger partial charge in [0.1, 0.15) is 12.1 Å². The van der Waals surface area contributed by atoms with Crippen LogP contribution in [0.15, 0.2) is 17.8 Å². The average Bonchev–Trinajstić information content (AvgIpc) is 3.26. The van der Waals surface area contributed by atoms with E-state index in [-0.39, 0.29) is 11.9 Å². The monoisotopic (exact) mass is 392 g/mol. The number of amides is 1. The van der Waals surface area contributed by atoms with Gasteiger partial charge in [0.15, 0.2) is 0 Å². The molecule has 1 amide bonds. The van der Waals surface area contributed by atoms with Gasteiger partial charge in [-0.1, -0.05) is 0 Å². The van der Waals surface area contributed by atoms with Gasteiger partial charge in [0, 0.05) is 25.3 Å². The van der Waals surface area contributed by atoms with Crippen LogP contribution in [0, 0.1) is 11.8 Å². The van der Waals surface area contributed by atoms with E-state index in [1.54, 1.807) is 29.4 Å². The highest BCUT2D eigenvalue weighted by Crippen LogP contribution is 2.40. The molecule has 0 spiro atoms. The Balaban J connectivity index is 1.44. The molecule has 6 nitrogen and oxygen atoms in total. The molecule has 2 aliphatic rings. The third-order valence-electron chi connectivity index (χ3n) is 5.55. The number of nitrogens with zero attached hydrogens (tertiary/aromatic N) is 3. The number of hydrogen-bond donors (Lipinski definition) is 2. The van der Waals surface area contributed by atoms with Crippen LogP contribution < -0.4 is 10.2 Å². The lowest BCUT2D eigenvalue weighted by Crippen LogP contribution is -2.49. The first-order chi connectivity index (χ1) is 12.7. The van der Waals surface area contributed by atoms with Crippen molar-refractivity contribution < 1.29 is 9.90 Å². The van der Waals surface area contributed by atoms with Crippen LogP contribution in [-0.2, 0) is 4.79 Å². The second kappa shape index (κ2) is 7.70. The van der Waals surface area contributed by atoms with Crippen molar-refractivity contribution in [3.8, 4) is 0 Å². The first-order valence-electron chi connectivity index (χ1n) is 9.05. The Hall–Kier alpha value is -1.38. The minimum atomic E-state index is -0.457. The molecule has 2 aromatic heterocycles. The van der Waals surface area contributed by atoms with Crippen molar-refractivity contribution in [1.29, 1.82) is 0 Å². The number of aliphatic hydroxyl groups is 1. The van der Waals surface area contributed by atoms with Gasteiger partial charge in [0.2, 0.25) is 5.91 Å². The molecule has 1 aliphatic heterocycles. The van der Waals surface area contributed by atoms with Gasteiger partial charge in [-0.2, -0.15) is 11.8 Å². The number of thiophene rings is 1. The molecule has 8 heteroatoms. The predicted molar refractivity (Wildman–Crippen MR) is 107 cm³/mol. The molecule has 0 unspecified atom stereocenters. The lowest BCUT2D eigenvalue weighted by Gasteiger charge is -2.35. The number of rotatable bonds is 5. The Morgan fingerprint density at radius 2 is 2.19 bits per heavy atom. The molecule has 3 heterocycles. The Morgan fingerprint density at radius 3 is 3.00 bits per heavy atom. The Morgan fingerprint density at radius 1 is 1.38 bits per heavy atom. The molecule has 0 aromatic carbocycles. The highest BCUT2D eigenvalue weighted by Gasteiger charge is 2.42. The maximum absolute atomic E-state index is 12.0. The average molecular weight is 393 g/mol. The second-order valence-corrected chi connectivity index (χ2v) is 9.11. The van der Waals surface area contributed by atoms with Crippen LogP contribution in [0.4, 0.5) is 5.82 Å². The van der Waals surface area contributed by atoms with Gasteiger partial charge in [0.25, 0.3) is 0 Å². The van der Waals surface area contributed by atoms with Gasteiger partial charge < -0.3 is 15.3 Å². The summed E-state index contributed by atoms with van der Waals surface area (Å²) >= 11 is 3.34. The molecule has 1 saturated carbocycles. The van der Waals surface area contributed by atoms with Crippen molar-refractivity contribution in [2.45, 2.75) is 31.4 Å². The Labute approximate surface area is 161 Å². The lowest BCUT2D eigenvalue weighted by molar-refractivity contribution is -0.123. The molecular formula is C18H24N4O2S2. The molecule has 140 valence electrons. The van der Waals surface area contributed by atoms with E-state index in [0.29, 0.717) is 18.3 Å². The highest BCUT2D eigenvalue weighted by atomic mass is 32.2. The van der Waals surface area contributed by atoms with Crippen LogP contribution in [0.2, 0.25) is 0 Å². The summed E-state index contributed by atoms with van der Waals surface area (Å²) in [6.45, 7) is 1.84. The summed E-state index contributed by atoms with van der Waals surface area (Å²) in [5.41, 5.74) is 0.994. The van der Waals surface area contributed by atoms with Crippen molar-refractivity contribution in [2.75, 3.05) is 30.0 Å². The molecule has 4 rings (SSSR count). The van der Waals surface area contributed by atoms with Crippen molar-refractivity contribution in [1.82, 2.24) is 15.3 Å². The zero-order chi connectivity index (χ0) is 18.1. The van der Waals surface area contributed by atoms with E-state index in [0.717, 1.165) is 47.7 Å². The van der Waals surface area contributed by atoms with Gasteiger partial charge in [-0.05, 0) is 42.4 Å². The van der Waals surface area contributed by atoms with Crippen LogP contribution in [0.1, 0.15) is 19.3 Å². The molecule has 2 aromatic rings. The van der Waals surface area contributed by atoms with Crippen molar-refractivity contribution in [3.05, 3.63) is 17.8 Å². The van der Waals surface area contributed by atoms with E-state index in [1.807, 2.05) is 12.3 Å². The molecule has 1 saturated heterocycles. The summed E-state index contributed by atoms with van der Waals surface area (Å²) in [5.74, 6) is 2.81. The summed E-state index contributed by atoms with van der Waals surface area (Å²) in [4.78, 5) is 23.2. The number of aliphatic hydroxyl groups excluding tert-OH is 1. The number of nitrogens with one attached hydrogen (secondary N) is 1. The van der Waals surface area contributed by atoms with Gasteiger partial charge in [-0.25, -0.2) is 9.97 Å². The smallest absolute Gasteiger partial charge is 0.221 e. The second-order valence-electron chi connectivity index (χ2n) is 7.21. The van der Waals surface area contributed by atoms with Gasteiger partial charge in [-0.15, -0.1) is 11.3 Å². The minimum absolute atomic E-state index is 0.0489. The van der Waals surface area contributed by atoms with E-state index in [2.05, 4.69) is 25.6 Å². The van der Waals surface area contributed by atoms with Crippen LogP contribution in [0.25, 0.3) is 10.2 Å². The minimum Gasteiger partial charge on any atom is -0.391 e. The van der Waals surface area contributed by atoms with Gasteiger partial charge in [0.05, 0.1) is 22.4 Å². The van der Waals surface area contributed by atoms with Crippen LogP contribution in [0.3, 0.4) is 0 Å². The normalized spacial score (nSPS) is 28.3. The molecule has 26 heavy (non-hydrogen) atoms. The third kappa shape index (κ3) is 3.54. The van der Waals surface area contributed by atoms with Gasteiger partial charge >= 0.3 is 0 Å². The first kappa shape index (κ1) is 18.0. The topological polar surface area (TPSA) is 78.4 Å². The Bertz CT molecular complexity index is 783. The number of thioether (sulfide) groups is 1.